The molecule has 3 aromatic rings. The highest BCUT2D eigenvalue weighted by molar-refractivity contribution is 5.91. The van der Waals surface area contributed by atoms with Crippen LogP contribution in [0.25, 0.3) is 11.0 Å². The molecule has 2 amide bonds. The number of nitrogens with one attached hydrogen (secondary N) is 1. The second-order valence-corrected chi connectivity index (χ2v) is 7.52. The number of furan rings is 1. The normalized spacial score (nSPS) is 16.9. The van der Waals surface area contributed by atoms with Gasteiger partial charge in [0.05, 0.1) is 17.3 Å². The molecule has 0 bridgehead atoms. The Morgan fingerprint density at radius 1 is 1.21 bits per heavy atom. The van der Waals surface area contributed by atoms with Crippen LogP contribution in [0.1, 0.15) is 42.6 Å². The van der Waals surface area contributed by atoms with E-state index in [9.17, 15) is 9.59 Å². The molecule has 0 saturated carbocycles. The van der Waals surface area contributed by atoms with Crippen LogP contribution in [-0.2, 0) is 17.8 Å². The number of aromatic nitrogens is 2. The largest absolute Gasteiger partial charge is 0.459 e. The predicted octanol–water partition coefficient (Wildman–Crippen LogP) is 3.00. The number of piperidine rings is 1. The van der Waals surface area contributed by atoms with E-state index < -0.39 is 0 Å². The van der Waals surface area contributed by atoms with Gasteiger partial charge in [-0.2, -0.15) is 0 Å². The van der Waals surface area contributed by atoms with E-state index in [2.05, 4.69) is 12.2 Å². The van der Waals surface area contributed by atoms with Crippen molar-refractivity contribution in [1.29, 1.82) is 0 Å². The summed E-state index contributed by atoms with van der Waals surface area (Å²) in [6, 6.07) is 11.4. The molecule has 1 fully saturated rings. The molecule has 4 rings (SSSR count). The number of hydrogen-bond donors (Lipinski definition) is 1. The molecule has 152 valence electrons. The number of hydrogen-bond acceptors (Lipinski definition) is 4. The van der Waals surface area contributed by atoms with Crippen LogP contribution in [0.5, 0.6) is 0 Å². The summed E-state index contributed by atoms with van der Waals surface area (Å²) in [4.78, 5) is 31.8. The summed E-state index contributed by atoms with van der Waals surface area (Å²) in [7, 11) is 0. The van der Waals surface area contributed by atoms with Crippen molar-refractivity contribution in [3.05, 3.63) is 54.2 Å². The SMILES string of the molecule is CC1CCCCN1C(=O)Cn1c(CCNC(=O)c2ccco2)nc2ccccc21. The fourth-order valence-electron chi connectivity index (χ4n) is 3.97. The number of fused-ring (bicyclic) bond motifs is 1. The summed E-state index contributed by atoms with van der Waals surface area (Å²) in [5, 5.41) is 2.85. The number of rotatable bonds is 6. The molecule has 1 aliphatic rings. The number of nitrogens with zero attached hydrogens (tertiary/aromatic N) is 3. The maximum absolute atomic E-state index is 13.0. The fraction of sp³-hybridized carbons (Fsp3) is 0.409. The summed E-state index contributed by atoms with van der Waals surface area (Å²) in [5.74, 6) is 0.953. The van der Waals surface area contributed by atoms with E-state index in [1.807, 2.05) is 33.7 Å². The first-order valence-electron chi connectivity index (χ1n) is 10.2. The Labute approximate surface area is 169 Å². The Morgan fingerprint density at radius 2 is 2.07 bits per heavy atom. The quantitative estimate of drug-likeness (QED) is 0.697. The van der Waals surface area contributed by atoms with E-state index >= 15 is 0 Å². The van der Waals surface area contributed by atoms with E-state index in [0.717, 1.165) is 36.2 Å². The van der Waals surface area contributed by atoms with Gasteiger partial charge in [-0.1, -0.05) is 12.1 Å². The molecule has 1 aliphatic heterocycles. The lowest BCUT2D eigenvalue weighted by molar-refractivity contribution is -0.135. The van der Waals surface area contributed by atoms with E-state index in [0.29, 0.717) is 13.0 Å². The van der Waals surface area contributed by atoms with Crippen molar-refractivity contribution in [2.75, 3.05) is 13.1 Å². The van der Waals surface area contributed by atoms with Gasteiger partial charge >= 0.3 is 0 Å². The van der Waals surface area contributed by atoms with Crippen LogP contribution in [0.4, 0.5) is 0 Å². The minimum atomic E-state index is -0.254. The Hall–Kier alpha value is -3.09. The second kappa shape index (κ2) is 8.51. The van der Waals surface area contributed by atoms with Crippen LogP contribution in [0.3, 0.4) is 0 Å². The van der Waals surface area contributed by atoms with Crippen molar-refractivity contribution in [2.45, 2.75) is 45.2 Å². The molecule has 1 aromatic carbocycles. The Kier molecular flexibility index (Phi) is 5.64. The molecule has 7 nitrogen and oxygen atoms in total. The van der Waals surface area contributed by atoms with Gasteiger partial charge in [-0.3, -0.25) is 9.59 Å². The van der Waals surface area contributed by atoms with E-state index in [-0.39, 0.29) is 30.2 Å². The standard InChI is InChI=1S/C22H26N4O3/c1-16-7-4-5-13-25(16)21(27)15-26-18-9-3-2-8-17(18)24-20(26)11-12-23-22(28)19-10-6-14-29-19/h2-3,6,8-10,14,16H,4-5,7,11-13,15H2,1H3,(H,23,28). The zero-order chi connectivity index (χ0) is 20.2. The first-order valence-corrected chi connectivity index (χ1v) is 10.2. The van der Waals surface area contributed by atoms with Gasteiger partial charge in [0.25, 0.3) is 5.91 Å². The van der Waals surface area contributed by atoms with Crippen molar-refractivity contribution in [2.24, 2.45) is 0 Å². The number of likely N-dealkylation sites (tertiary alicyclic amines) is 1. The molecule has 1 atom stereocenters. The third kappa shape index (κ3) is 4.18. The van der Waals surface area contributed by atoms with Gasteiger partial charge in [0.2, 0.25) is 5.91 Å². The van der Waals surface area contributed by atoms with Gasteiger partial charge in [0.1, 0.15) is 12.4 Å². The number of benzene rings is 1. The van der Waals surface area contributed by atoms with Gasteiger partial charge in [-0.25, -0.2) is 4.98 Å². The van der Waals surface area contributed by atoms with Gasteiger partial charge in [-0.15, -0.1) is 0 Å². The van der Waals surface area contributed by atoms with Crippen LogP contribution in [0, 0.1) is 0 Å². The lowest BCUT2D eigenvalue weighted by Crippen LogP contribution is -2.43. The highest BCUT2D eigenvalue weighted by Gasteiger charge is 2.24. The van der Waals surface area contributed by atoms with Crippen molar-refractivity contribution in [1.82, 2.24) is 19.8 Å². The van der Waals surface area contributed by atoms with Crippen molar-refractivity contribution >= 4 is 22.8 Å². The average Bonchev–Trinajstić information content (AvgIpc) is 3.37. The highest BCUT2D eigenvalue weighted by atomic mass is 16.3. The van der Waals surface area contributed by atoms with Crippen LogP contribution in [-0.4, -0.2) is 45.4 Å². The average molecular weight is 394 g/mol. The first-order chi connectivity index (χ1) is 14.1. The molecule has 1 unspecified atom stereocenters. The molecule has 1 saturated heterocycles. The summed E-state index contributed by atoms with van der Waals surface area (Å²) >= 11 is 0. The maximum atomic E-state index is 13.0. The molecular formula is C22H26N4O3. The van der Waals surface area contributed by atoms with E-state index in [1.54, 1.807) is 12.1 Å². The molecule has 2 aromatic heterocycles. The summed E-state index contributed by atoms with van der Waals surface area (Å²) < 4.78 is 7.10. The molecule has 0 radical (unpaired) electrons. The van der Waals surface area contributed by atoms with Crippen molar-refractivity contribution < 1.29 is 14.0 Å². The van der Waals surface area contributed by atoms with Gasteiger partial charge < -0.3 is 19.2 Å². The number of amides is 2. The zero-order valence-corrected chi connectivity index (χ0v) is 16.6. The predicted molar refractivity (Wildman–Crippen MR) is 110 cm³/mol. The van der Waals surface area contributed by atoms with Crippen LogP contribution < -0.4 is 5.32 Å². The monoisotopic (exact) mass is 394 g/mol. The van der Waals surface area contributed by atoms with Crippen molar-refractivity contribution in [3.63, 3.8) is 0 Å². The molecule has 29 heavy (non-hydrogen) atoms. The molecular weight excluding hydrogens is 368 g/mol. The summed E-state index contributed by atoms with van der Waals surface area (Å²) in [5.41, 5.74) is 1.80. The number of carbonyl (C=O) groups excluding carboxylic acids is 2. The second-order valence-electron chi connectivity index (χ2n) is 7.52. The molecule has 1 N–H and O–H groups in total. The fourth-order valence-corrected chi connectivity index (χ4v) is 3.97. The van der Waals surface area contributed by atoms with E-state index in [1.165, 1.54) is 12.7 Å². The van der Waals surface area contributed by atoms with Crippen molar-refractivity contribution in [3.8, 4) is 0 Å². The molecule has 3 heterocycles. The molecule has 7 heteroatoms. The number of carbonyl (C=O) groups is 2. The Balaban J connectivity index is 1.49. The number of imidazole rings is 1. The molecule has 0 spiro atoms. The number of para-hydroxylation sites is 2. The summed E-state index contributed by atoms with van der Waals surface area (Å²) in [6.07, 6.45) is 5.31. The van der Waals surface area contributed by atoms with Gasteiger partial charge in [0, 0.05) is 25.6 Å². The van der Waals surface area contributed by atoms with Gasteiger partial charge in [-0.05, 0) is 50.5 Å². The molecule has 0 aliphatic carbocycles. The summed E-state index contributed by atoms with van der Waals surface area (Å²) in [6.45, 7) is 3.62. The zero-order valence-electron chi connectivity index (χ0n) is 16.6. The van der Waals surface area contributed by atoms with Crippen LogP contribution >= 0.6 is 0 Å². The topological polar surface area (TPSA) is 80.4 Å². The third-order valence-electron chi connectivity index (χ3n) is 5.53. The Bertz CT molecular complexity index is 993. The minimum absolute atomic E-state index is 0.126. The maximum Gasteiger partial charge on any atom is 0.286 e. The van der Waals surface area contributed by atoms with Crippen LogP contribution in [0.15, 0.2) is 47.1 Å². The highest BCUT2D eigenvalue weighted by Crippen LogP contribution is 2.20. The minimum Gasteiger partial charge on any atom is -0.459 e. The van der Waals surface area contributed by atoms with Gasteiger partial charge in [0.15, 0.2) is 5.76 Å². The van der Waals surface area contributed by atoms with E-state index in [4.69, 9.17) is 9.40 Å². The Morgan fingerprint density at radius 3 is 2.86 bits per heavy atom. The lowest BCUT2D eigenvalue weighted by atomic mass is 10.0. The smallest absolute Gasteiger partial charge is 0.286 e. The first kappa shape index (κ1) is 19.2. The third-order valence-corrected chi connectivity index (χ3v) is 5.53. The van der Waals surface area contributed by atoms with Crippen LogP contribution in [0.2, 0.25) is 0 Å². The lowest BCUT2D eigenvalue weighted by Gasteiger charge is -2.33.